The van der Waals surface area contributed by atoms with Gasteiger partial charge in [-0.25, -0.2) is 0 Å². The minimum Gasteiger partial charge on any atom is -0.495 e. The molecule has 0 saturated carbocycles. The van der Waals surface area contributed by atoms with Crippen molar-refractivity contribution < 1.29 is 14.3 Å². The Bertz CT molecular complexity index is 605. The molecule has 0 bridgehead atoms. The maximum atomic E-state index is 12.8. The zero-order valence-corrected chi connectivity index (χ0v) is 13.6. The van der Waals surface area contributed by atoms with Crippen molar-refractivity contribution in [3.05, 3.63) is 24.3 Å². The summed E-state index contributed by atoms with van der Waals surface area (Å²) in [6.07, 6.45) is 0.271. The van der Waals surface area contributed by atoms with Crippen molar-refractivity contribution in [2.24, 2.45) is 5.92 Å². The van der Waals surface area contributed by atoms with E-state index < -0.39 is 0 Å². The molecule has 23 heavy (non-hydrogen) atoms. The Kier molecular flexibility index (Phi) is 4.52. The lowest BCUT2D eigenvalue weighted by Gasteiger charge is -2.35. The van der Waals surface area contributed by atoms with Crippen LogP contribution < -0.4 is 15.0 Å². The molecular formula is C17H23N3O3. The van der Waals surface area contributed by atoms with Gasteiger partial charge in [0.05, 0.1) is 18.7 Å². The third-order valence-electron chi connectivity index (χ3n) is 4.63. The van der Waals surface area contributed by atoms with E-state index in [9.17, 15) is 9.59 Å². The highest BCUT2D eigenvalue weighted by molar-refractivity contribution is 6.01. The highest BCUT2D eigenvalue weighted by Gasteiger charge is 2.39. The first-order valence-corrected chi connectivity index (χ1v) is 8.06. The maximum Gasteiger partial charge on any atom is 0.228 e. The van der Waals surface area contributed by atoms with E-state index >= 15 is 0 Å². The molecule has 2 heterocycles. The molecule has 2 aliphatic rings. The lowest BCUT2D eigenvalue weighted by atomic mass is 10.1. The first kappa shape index (κ1) is 15.8. The van der Waals surface area contributed by atoms with Crippen molar-refractivity contribution in [3.8, 4) is 5.75 Å². The fraction of sp³-hybridized carbons (Fsp3) is 0.529. The second kappa shape index (κ2) is 6.58. The molecule has 1 aromatic carbocycles. The summed E-state index contributed by atoms with van der Waals surface area (Å²) in [5.41, 5.74) is 0.739. The molecule has 124 valence electrons. The summed E-state index contributed by atoms with van der Waals surface area (Å²) in [6, 6.07) is 7.60. The number of amides is 2. The van der Waals surface area contributed by atoms with E-state index in [0.29, 0.717) is 18.8 Å². The van der Waals surface area contributed by atoms with Crippen LogP contribution in [0.1, 0.15) is 13.3 Å². The molecule has 0 spiro atoms. The predicted molar refractivity (Wildman–Crippen MR) is 87.5 cm³/mol. The Morgan fingerprint density at radius 1 is 1.35 bits per heavy atom. The molecule has 3 rings (SSSR count). The van der Waals surface area contributed by atoms with Gasteiger partial charge in [-0.15, -0.1) is 0 Å². The van der Waals surface area contributed by atoms with E-state index in [4.69, 9.17) is 4.74 Å². The molecule has 1 unspecified atom stereocenters. The summed E-state index contributed by atoms with van der Waals surface area (Å²) in [4.78, 5) is 28.8. The highest BCUT2D eigenvalue weighted by atomic mass is 16.5. The van der Waals surface area contributed by atoms with E-state index in [1.54, 1.807) is 12.0 Å². The van der Waals surface area contributed by atoms with Crippen LogP contribution >= 0.6 is 0 Å². The molecule has 0 aliphatic carbocycles. The maximum absolute atomic E-state index is 12.8. The standard InChI is InChI=1S/C17H23N3O3/c1-12-10-18-7-8-19(12)17(22)13-9-16(21)20(11-13)14-5-3-4-6-15(14)23-2/h3-6,12-13,18H,7-11H2,1-2H3/t12-,13?/m0/s1. The van der Waals surface area contributed by atoms with Gasteiger partial charge in [0.25, 0.3) is 0 Å². The van der Waals surface area contributed by atoms with E-state index in [2.05, 4.69) is 5.32 Å². The molecular weight excluding hydrogens is 294 g/mol. The van der Waals surface area contributed by atoms with Crippen molar-refractivity contribution in [1.29, 1.82) is 0 Å². The molecule has 2 fully saturated rings. The molecule has 1 N–H and O–H groups in total. The third kappa shape index (κ3) is 3.03. The van der Waals surface area contributed by atoms with Crippen LogP contribution in [0, 0.1) is 5.92 Å². The van der Waals surface area contributed by atoms with Crippen molar-refractivity contribution in [3.63, 3.8) is 0 Å². The molecule has 6 heteroatoms. The molecule has 2 saturated heterocycles. The van der Waals surface area contributed by atoms with E-state index in [0.717, 1.165) is 18.8 Å². The Balaban J connectivity index is 1.75. The van der Waals surface area contributed by atoms with Crippen LogP contribution in [0.25, 0.3) is 0 Å². The average molecular weight is 317 g/mol. The summed E-state index contributed by atoms with van der Waals surface area (Å²) in [5, 5.41) is 3.28. The number of nitrogens with one attached hydrogen (secondary N) is 1. The molecule has 1 aromatic rings. The van der Waals surface area contributed by atoms with Crippen molar-refractivity contribution in [2.45, 2.75) is 19.4 Å². The quantitative estimate of drug-likeness (QED) is 0.898. The van der Waals surface area contributed by atoms with Crippen LogP contribution in [0.5, 0.6) is 5.75 Å². The minimum absolute atomic E-state index is 0.0179. The summed E-state index contributed by atoms with van der Waals surface area (Å²) in [6.45, 7) is 4.79. The number of carbonyl (C=O) groups is 2. The SMILES string of the molecule is COc1ccccc1N1CC(C(=O)N2CCNC[C@@H]2C)CC1=O. The number of ether oxygens (including phenoxy) is 1. The number of carbonyl (C=O) groups excluding carboxylic acids is 2. The number of hydrogen-bond acceptors (Lipinski definition) is 4. The Hall–Kier alpha value is -2.08. The van der Waals surface area contributed by atoms with Gasteiger partial charge in [0.2, 0.25) is 11.8 Å². The van der Waals surface area contributed by atoms with Crippen LogP contribution in [0.4, 0.5) is 5.69 Å². The van der Waals surface area contributed by atoms with E-state index in [1.165, 1.54) is 0 Å². The van der Waals surface area contributed by atoms with Gasteiger partial charge in [0, 0.05) is 38.6 Å². The number of anilines is 1. The summed E-state index contributed by atoms with van der Waals surface area (Å²) >= 11 is 0. The van der Waals surface area contributed by atoms with Gasteiger partial charge in [0.15, 0.2) is 0 Å². The van der Waals surface area contributed by atoms with E-state index in [1.807, 2.05) is 36.1 Å². The zero-order chi connectivity index (χ0) is 16.4. The van der Waals surface area contributed by atoms with Crippen molar-refractivity contribution >= 4 is 17.5 Å². The first-order chi connectivity index (χ1) is 11.1. The summed E-state index contributed by atoms with van der Waals surface area (Å²) < 4.78 is 5.34. The van der Waals surface area contributed by atoms with Crippen molar-refractivity contribution in [1.82, 2.24) is 10.2 Å². The first-order valence-electron chi connectivity index (χ1n) is 8.06. The topological polar surface area (TPSA) is 61.9 Å². The van der Waals surface area contributed by atoms with Crippen LogP contribution in [-0.2, 0) is 9.59 Å². The monoisotopic (exact) mass is 317 g/mol. The number of nitrogens with zero attached hydrogens (tertiary/aromatic N) is 2. The number of para-hydroxylation sites is 2. The van der Waals surface area contributed by atoms with Gasteiger partial charge in [-0.05, 0) is 19.1 Å². The lowest BCUT2D eigenvalue weighted by molar-refractivity contribution is -0.138. The van der Waals surface area contributed by atoms with E-state index in [-0.39, 0.29) is 30.2 Å². The van der Waals surface area contributed by atoms with Crippen LogP contribution in [-0.4, -0.2) is 56.0 Å². The minimum atomic E-state index is -0.270. The fourth-order valence-corrected chi connectivity index (χ4v) is 3.36. The second-order valence-corrected chi connectivity index (χ2v) is 6.16. The largest absolute Gasteiger partial charge is 0.495 e. The van der Waals surface area contributed by atoms with Crippen LogP contribution in [0.3, 0.4) is 0 Å². The Labute approximate surface area is 136 Å². The number of piperazine rings is 1. The van der Waals surface area contributed by atoms with Gasteiger partial charge in [0.1, 0.15) is 5.75 Å². The highest BCUT2D eigenvalue weighted by Crippen LogP contribution is 2.33. The molecule has 2 atom stereocenters. The third-order valence-corrected chi connectivity index (χ3v) is 4.63. The number of benzene rings is 1. The van der Waals surface area contributed by atoms with Crippen LogP contribution in [0.15, 0.2) is 24.3 Å². The zero-order valence-electron chi connectivity index (χ0n) is 13.6. The number of methoxy groups -OCH3 is 1. The number of rotatable bonds is 3. The molecule has 2 aliphatic heterocycles. The number of hydrogen-bond donors (Lipinski definition) is 1. The van der Waals surface area contributed by atoms with Gasteiger partial charge in [-0.1, -0.05) is 12.1 Å². The smallest absolute Gasteiger partial charge is 0.228 e. The normalized spacial score (nSPS) is 24.9. The molecule has 0 radical (unpaired) electrons. The van der Waals surface area contributed by atoms with Crippen molar-refractivity contribution in [2.75, 3.05) is 38.2 Å². The molecule has 0 aromatic heterocycles. The van der Waals surface area contributed by atoms with Gasteiger partial charge < -0.3 is 19.9 Å². The molecule has 2 amide bonds. The lowest BCUT2D eigenvalue weighted by Crippen LogP contribution is -2.54. The summed E-state index contributed by atoms with van der Waals surface area (Å²) in [7, 11) is 1.59. The van der Waals surface area contributed by atoms with Gasteiger partial charge >= 0.3 is 0 Å². The summed E-state index contributed by atoms with van der Waals surface area (Å²) in [5.74, 6) is 0.456. The Morgan fingerprint density at radius 2 is 2.13 bits per heavy atom. The molecule has 6 nitrogen and oxygen atoms in total. The van der Waals surface area contributed by atoms with Gasteiger partial charge in [-0.2, -0.15) is 0 Å². The fourth-order valence-electron chi connectivity index (χ4n) is 3.36. The Morgan fingerprint density at radius 3 is 2.87 bits per heavy atom. The van der Waals surface area contributed by atoms with Gasteiger partial charge in [-0.3, -0.25) is 9.59 Å². The second-order valence-electron chi connectivity index (χ2n) is 6.16. The predicted octanol–water partition coefficient (Wildman–Crippen LogP) is 0.868. The average Bonchev–Trinajstić information content (AvgIpc) is 2.96. The van der Waals surface area contributed by atoms with Crippen LogP contribution in [0.2, 0.25) is 0 Å².